The van der Waals surface area contributed by atoms with Crippen LogP contribution >= 0.6 is 0 Å². The van der Waals surface area contributed by atoms with Crippen molar-refractivity contribution in [3.05, 3.63) is 59.4 Å². The Labute approximate surface area is 199 Å². The summed E-state index contributed by atoms with van der Waals surface area (Å²) >= 11 is 0. The van der Waals surface area contributed by atoms with E-state index in [1.54, 1.807) is 12.0 Å². The van der Waals surface area contributed by atoms with Crippen LogP contribution in [0.25, 0.3) is 0 Å². The largest absolute Gasteiger partial charge is 0.496 e. The molecule has 2 aliphatic rings. The van der Waals surface area contributed by atoms with E-state index in [1.165, 1.54) is 10.4 Å². The second-order valence-corrected chi connectivity index (χ2v) is 10.2. The van der Waals surface area contributed by atoms with Crippen molar-refractivity contribution < 1.29 is 31.8 Å². The maximum Gasteiger partial charge on any atom is 0.254 e. The van der Waals surface area contributed by atoms with E-state index in [1.807, 2.05) is 24.3 Å². The average molecular weight is 493 g/mol. The molecule has 2 saturated heterocycles. The SMILES string of the molecule is COc1ccccc1CN(CC1CCCO1)C(=O)c1ccc(F)c(S(=O)(=O)N2CCOCC2)c1. The van der Waals surface area contributed by atoms with Crippen LogP contribution in [0.15, 0.2) is 47.4 Å². The molecule has 0 spiro atoms. The van der Waals surface area contributed by atoms with Gasteiger partial charge in [0, 0.05) is 43.9 Å². The highest BCUT2D eigenvalue weighted by Crippen LogP contribution is 2.25. The molecular formula is C24H29FN2O6S. The number of hydrogen-bond acceptors (Lipinski definition) is 6. The number of nitrogens with zero attached hydrogens (tertiary/aromatic N) is 2. The average Bonchev–Trinajstić information content (AvgIpc) is 3.37. The molecule has 0 aliphatic carbocycles. The Morgan fingerprint density at radius 2 is 1.94 bits per heavy atom. The van der Waals surface area contributed by atoms with Gasteiger partial charge in [0.05, 0.1) is 26.4 Å². The van der Waals surface area contributed by atoms with Gasteiger partial charge >= 0.3 is 0 Å². The number of morpholine rings is 1. The fraction of sp³-hybridized carbons (Fsp3) is 0.458. The summed E-state index contributed by atoms with van der Waals surface area (Å²) in [5, 5.41) is 0. The molecule has 2 aliphatic heterocycles. The number of carbonyl (C=O) groups excluding carboxylic acids is 1. The number of ether oxygens (including phenoxy) is 3. The monoisotopic (exact) mass is 492 g/mol. The molecule has 1 amide bonds. The maximum absolute atomic E-state index is 14.7. The number of sulfonamides is 1. The summed E-state index contributed by atoms with van der Waals surface area (Å²) in [5.74, 6) is -0.652. The van der Waals surface area contributed by atoms with Crippen molar-refractivity contribution in [2.45, 2.75) is 30.4 Å². The first-order valence-corrected chi connectivity index (χ1v) is 12.7. The van der Waals surface area contributed by atoms with E-state index in [4.69, 9.17) is 14.2 Å². The lowest BCUT2D eigenvalue weighted by molar-refractivity contribution is 0.0505. The van der Waals surface area contributed by atoms with Gasteiger partial charge in [0.1, 0.15) is 16.5 Å². The Balaban J connectivity index is 1.64. The number of carbonyl (C=O) groups is 1. The van der Waals surface area contributed by atoms with Crippen LogP contribution in [0.3, 0.4) is 0 Å². The summed E-state index contributed by atoms with van der Waals surface area (Å²) in [6, 6.07) is 10.9. The first kappa shape index (κ1) is 24.6. The molecule has 0 saturated carbocycles. The van der Waals surface area contributed by atoms with E-state index in [9.17, 15) is 17.6 Å². The minimum atomic E-state index is -4.10. The van der Waals surface area contributed by atoms with Gasteiger partial charge in [0.15, 0.2) is 0 Å². The summed E-state index contributed by atoms with van der Waals surface area (Å²) in [6.07, 6.45) is 1.63. The van der Waals surface area contributed by atoms with E-state index in [0.29, 0.717) is 18.9 Å². The lowest BCUT2D eigenvalue weighted by Crippen LogP contribution is -2.41. The van der Waals surface area contributed by atoms with E-state index in [-0.39, 0.29) is 44.5 Å². The summed E-state index contributed by atoms with van der Waals surface area (Å²) in [7, 11) is -2.54. The molecule has 1 unspecified atom stereocenters. The molecule has 184 valence electrons. The molecule has 0 radical (unpaired) electrons. The molecule has 34 heavy (non-hydrogen) atoms. The Kier molecular flexibility index (Phi) is 7.82. The number of para-hydroxylation sites is 1. The first-order chi connectivity index (χ1) is 16.4. The third-order valence-corrected chi connectivity index (χ3v) is 7.97. The van der Waals surface area contributed by atoms with Crippen molar-refractivity contribution in [2.75, 3.05) is 46.6 Å². The van der Waals surface area contributed by atoms with Crippen LogP contribution in [0.2, 0.25) is 0 Å². The highest BCUT2D eigenvalue weighted by molar-refractivity contribution is 7.89. The van der Waals surface area contributed by atoms with Gasteiger partial charge in [-0.2, -0.15) is 4.31 Å². The zero-order chi connectivity index (χ0) is 24.1. The zero-order valence-corrected chi connectivity index (χ0v) is 19.9. The fourth-order valence-electron chi connectivity index (χ4n) is 4.24. The van der Waals surface area contributed by atoms with Gasteiger partial charge in [0.25, 0.3) is 5.91 Å². The van der Waals surface area contributed by atoms with E-state index in [0.717, 1.165) is 30.5 Å². The van der Waals surface area contributed by atoms with Crippen molar-refractivity contribution in [3.8, 4) is 5.75 Å². The second-order valence-electron chi connectivity index (χ2n) is 8.29. The Morgan fingerprint density at radius 3 is 2.65 bits per heavy atom. The van der Waals surface area contributed by atoms with Crippen LogP contribution in [0.5, 0.6) is 5.75 Å². The van der Waals surface area contributed by atoms with Crippen molar-refractivity contribution in [1.29, 1.82) is 0 Å². The normalized spacial score (nSPS) is 19.2. The summed E-state index contributed by atoms with van der Waals surface area (Å²) < 4.78 is 58.4. The lowest BCUT2D eigenvalue weighted by Gasteiger charge is -2.28. The van der Waals surface area contributed by atoms with Crippen LogP contribution < -0.4 is 4.74 Å². The van der Waals surface area contributed by atoms with Crippen molar-refractivity contribution in [3.63, 3.8) is 0 Å². The predicted molar refractivity (Wildman–Crippen MR) is 123 cm³/mol. The zero-order valence-electron chi connectivity index (χ0n) is 19.1. The topological polar surface area (TPSA) is 85.4 Å². The molecule has 2 aromatic carbocycles. The molecule has 0 bridgehead atoms. The van der Waals surface area contributed by atoms with Crippen LogP contribution in [0, 0.1) is 5.82 Å². The van der Waals surface area contributed by atoms with Gasteiger partial charge in [-0.25, -0.2) is 12.8 Å². The first-order valence-electron chi connectivity index (χ1n) is 11.3. The van der Waals surface area contributed by atoms with Gasteiger partial charge in [0.2, 0.25) is 10.0 Å². The minimum Gasteiger partial charge on any atom is -0.496 e. The summed E-state index contributed by atoms with van der Waals surface area (Å²) in [6.45, 7) is 1.98. The smallest absolute Gasteiger partial charge is 0.254 e. The molecule has 2 heterocycles. The third kappa shape index (κ3) is 5.41. The van der Waals surface area contributed by atoms with Gasteiger partial charge in [-0.1, -0.05) is 18.2 Å². The number of methoxy groups -OCH3 is 1. The van der Waals surface area contributed by atoms with Crippen molar-refractivity contribution >= 4 is 15.9 Å². The van der Waals surface area contributed by atoms with Crippen molar-refractivity contribution in [1.82, 2.24) is 9.21 Å². The number of amides is 1. The molecule has 4 rings (SSSR count). The Hall–Kier alpha value is -2.53. The van der Waals surface area contributed by atoms with E-state index < -0.39 is 26.6 Å². The van der Waals surface area contributed by atoms with Gasteiger partial charge in [-0.15, -0.1) is 0 Å². The van der Waals surface area contributed by atoms with E-state index in [2.05, 4.69) is 0 Å². The van der Waals surface area contributed by atoms with Crippen LogP contribution in [-0.4, -0.2) is 76.2 Å². The predicted octanol–water partition coefficient (Wildman–Crippen LogP) is 2.68. The molecule has 0 N–H and O–H groups in total. The van der Waals surface area contributed by atoms with Crippen molar-refractivity contribution in [2.24, 2.45) is 0 Å². The molecular weight excluding hydrogens is 463 g/mol. The van der Waals surface area contributed by atoms with Crippen LogP contribution in [0.1, 0.15) is 28.8 Å². The molecule has 2 fully saturated rings. The minimum absolute atomic E-state index is 0.0983. The summed E-state index contributed by atoms with van der Waals surface area (Å²) in [4.78, 5) is 14.7. The molecule has 8 nitrogen and oxygen atoms in total. The highest BCUT2D eigenvalue weighted by atomic mass is 32.2. The highest BCUT2D eigenvalue weighted by Gasteiger charge is 2.31. The maximum atomic E-state index is 14.7. The van der Waals surface area contributed by atoms with Gasteiger partial charge in [-0.3, -0.25) is 4.79 Å². The Morgan fingerprint density at radius 1 is 1.18 bits per heavy atom. The quantitative estimate of drug-likeness (QED) is 0.563. The van der Waals surface area contributed by atoms with Crippen LogP contribution in [0.4, 0.5) is 4.39 Å². The van der Waals surface area contributed by atoms with Gasteiger partial charge in [-0.05, 0) is 37.1 Å². The number of hydrogen-bond donors (Lipinski definition) is 0. The standard InChI is InChI=1S/C24H29FN2O6S/c1-31-22-7-3-2-5-19(22)16-26(17-20-6-4-12-33-20)24(28)18-8-9-21(25)23(15-18)34(29,30)27-10-13-32-14-11-27/h2-3,5,7-9,15,20H,4,6,10-14,16-17H2,1H3. The molecule has 2 aromatic rings. The molecule has 1 atom stereocenters. The fourth-order valence-corrected chi connectivity index (χ4v) is 5.73. The second kappa shape index (κ2) is 10.8. The van der Waals surface area contributed by atoms with Gasteiger partial charge < -0.3 is 19.1 Å². The summed E-state index contributed by atoms with van der Waals surface area (Å²) in [5.41, 5.74) is 0.903. The van der Waals surface area contributed by atoms with E-state index >= 15 is 0 Å². The Bertz CT molecular complexity index is 1110. The molecule has 0 aromatic heterocycles. The number of halogens is 1. The number of benzene rings is 2. The lowest BCUT2D eigenvalue weighted by atomic mass is 10.1. The number of rotatable bonds is 8. The third-order valence-electron chi connectivity index (χ3n) is 6.05. The van der Waals surface area contributed by atoms with Crippen LogP contribution in [-0.2, 0) is 26.0 Å². The molecule has 10 heteroatoms.